The SMILES string of the molecule is [Cu].[Fe].c1ccc2c(c1)-c1nc-2nc2[nH]c(nc3nc(nc4[nH]c(n1)c1ccccc41)-c1ccccc1-3)c1ccccc21. The van der Waals surface area contributed by atoms with Crippen molar-refractivity contribution in [3.63, 3.8) is 0 Å². The Morgan fingerprint density at radius 1 is 0.333 bits per heavy atom. The average Bonchev–Trinajstić information content (AvgIpc) is 3.73. The molecular formula is C32H18CuFeN8. The fraction of sp³-hybridized carbons (Fsp3) is 0. The van der Waals surface area contributed by atoms with Gasteiger partial charge in [0.2, 0.25) is 0 Å². The van der Waals surface area contributed by atoms with Crippen LogP contribution in [0.2, 0.25) is 0 Å². The summed E-state index contributed by atoms with van der Waals surface area (Å²) in [6.45, 7) is 0. The number of fused-ring (bicyclic) bond motifs is 20. The molecule has 2 aliphatic heterocycles. The van der Waals surface area contributed by atoms with E-state index in [1.807, 2.05) is 97.1 Å². The van der Waals surface area contributed by atoms with E-state index in [2.05, 4.69) is 9.97 Å². The molecule has 42 heavy (non-hydrogen) atoms. The Labute approximate surface area is 259 Å². The minimum absolute atomic E-state index is 0. The number of benzene rings is 4. The maximum absolute atomic E-state index is 5.02. The van der Waals surface area contributed by atoms with Crippen LogP contribution in [0.3, 0.4) is 0 Å². The molecule has 2 aliphatic rings. The maximum Gasteiger partial charge on any atom is 0.164 e. The Hall–Kier alpha value is -4.72. The second-order valence-corrected chi connectivity index (χ2v) is 9.79. The van der Waals surface area contributed by atoms with Gasteiger partial charge >= 0.3 is 0 Å². The third-order valence-corrected chi connectivity index (χ3v) is 7.46. The molecule has 0 aliphatic carbocycles. The second-order valence-electron chi connectivity index (χ2n) is 9.79. The Morgan fingerprint density at radius 3 is 0.833 bits per heavy atom. The number of H-pyrrole nitrogens is 2. The fourth-order valence-corrected chi connectivity index (χ4v) is 5.59. The molecule has 0 amide bonds. The van der Waals surface area contributed by atoms with Gasteiger partial charge in [0.1, 0.15) is 22.6 Å². The third kappa shape index (κ3) is 3.89. The minimum atomic E-state index is 0. The molecule has 7 aromatic rings. The largest absolute Gasteiger partial charge is 0.324 e. The molecular weight excluding hydrogens is 616 g/mol. The van der Waals surface area contributed by atoms with Gasteiger partial charge in [0.05, 0.1) is 0 Å². The molecule has 9 rings (SSSR count). The monoisotopic (exact) mass is 633 g/mol. The van der Waals surface area contributed by atoms with Gasteiger partial charge in [-0.2, -0.15) is 0 Å². The number of nitrogens with one attached hydrogen (secondary N) is 2. The third-order valence-electron chi connectivity index (χ3n) is 7.46. The first kappa shape index (κ1) is 26.2. The molecule has 0 spiro atoms. The van der Waals surface area contributed by atoms with Crippen LogP contribution in [0.15, 0.2) is 97.1 Å². The van der Waals surface area contributed by atoms with E-state index in [1.165, 1.54) is 0 Å². The summed E-state index contributed by atoms with van der Waals surface area (Å²) < 4.78 is 0. The van der Waals surface area contributed by atoms with Gasteiger partial charge in [-0.1, -0.05) is 97.1 Å². The zero-order chi connectivity index (χ0) is 26.2. The van der Waals surface area contributed by atoms with Crippen LogP contribution in [0.5, 0.6) is 0 Å². The zero-order valence-electron chi connectivity index (χ0n) is 21.6. The van der Waals surface area contributed by atoms with E-state index in [4.69, 9.17) is 29.9 Å². The minimum Gasteiger partial charge on any atom is -0.324 e. The second kappa shape index (κ2) is 9.98. The average molecular weight is 634 g/mol. The van der Waals surface area contributed by atoms with Crippen LogP contribution in [0.25, 0.3) is 89.7 Å². The molecule has 0 unspecified atom stereocenters. The van der Waals surface area contributed by atoms with Crippen molar-refractivity contribution in [3.8, 4) is 45.6 Å². The Bertz CT molecular complexity index is 2040. The molecule has 0 atom stereocenters. The topological polar surface area (TPSA) is 109 Å². The van der Waals surface area contributed by atoms with Gasteiger partial charge in [0.25, 0.3) is 0 Å². The summed E-state index contributed by atoms with van der Waals surface area (Å²) in [5, 5.41) is 3.82. The molecule has 1 radical (unpaired) electrons. The van der Waals surface area contributed by atoms with E-state index in [0.717, 1.165) is 43.8 Å². The van der Waals surface area contributed by atoms with Crippen molar-refractivity contribution < 1.29 is 34.1 Å². The van der Waals surface area contributed by atoms with Crippen molar-refractivity contribution >= 4 is 44.1 Å². The van der Waals surface area contributed by atoms with Crippen LogP contribution >= 0.6 is 0 Å². The van der Waals surface area contributed by atoms with Gasteiger partial charge in [-0.05, 0) is 0 Å². The van der Waals surface area contributed by atoms with Crippen molar-refractivity contribution in [1.82, 2.24) is 39.9 Å². The van der Waals surface area contributed by atoms with Gasteiger partial charge in [0, 0.05) is 77.9 Å². The molecule has 10 heteroatoms. The number of rotatable bonds is 0. The number of aromatic amines is 2. The smallest absolute Gasteiger partial charge is 0.164 e. The number of nitrogens with zero attached hydrogens (tertiary/aromatic N) is 6. The molecule has 2 N–H and O–H groups in total. The van der Waals surface area contributed by atoms with Crippen LogP contribution < -0.4 is 0 Å². The summed E-state index contributed by atoms with van der Waals surface area (Å²) in [7, 11) is 0. The Balaban J connectivity index is 0.00000144. The van der Waals surface area contributed by atoms with Gasteiger partial charge in [-0.25, -0.2) is 29.9 Å². The predicted molar refractivity (Wildman–Crippen MR) is 156 cm³/mol. The van der Waals surface area contributed by atoms with Crippen molar-refractivity contribution in [2.24, 2.45) is 0 Å². The van der Waals surface area contributed by atoms with Crippen LogP contribution in [-0.2, 0) is 34.1 Å². The van der Waals surface area contributed by atoms with Crippen LogP contribution in [0, 0.1) is 0 Å². The van der Waals surface area contributed by atoms with E-state index in [1.54, 1.807) is 0 Å². The Kier molecular flexibility index (Phi) is 6.22. The molecule has 8 bridgehead atoms. The van der Waals surface area contributed by atoms with E-state index < -0.39 is 0 Å². The van der Waals surface area contributed by atoms with Gasteiger partial charge in [0.15, 0.2) is 23.3 Å². The van der Waals surface area contributed by atoms with E-state index in [0.29, 0.717) is 45.9 Å². The summed E-state index contributed by atoms with van der Waals surface area (Å²) in [6.07, 6.45) is 0. The van der Waals surface area contributed by atoms with Crippen LogP contribution in [-0.4, -0.2) is 39.9 Å². The molecule has 0 fully saturated rings. The standard InChI is InChI=1S/C32H18N8.Cu.Fe/c1-2-10-18-17(9-1)25-33-26(18)38-28-21-13-5-6-14-22(21)30(35-28)40-32-24-16-8-7-15-23(24)31(36-32)39-29-20-12-4-3-11-19(20)27(34-29)37-25;;/h1-16H,(H2,33,34,35,36,37,38,39,40);;. The first-order valence-electron chi connectivity index (χ1n) is 13.0. The molecule has 8 nitrogen and oxygen atoms in total. The molecule has 0 saturated carbocycles. The fourth-order valence-electron chi connectivity index (χ4n) is 5.59. The molecule has 205 valence electrons. The van der Waals surface area contributed by atoms with E-state index in [9.17, 15) is 0 Å². The van der Waals surface area contributed by atoms with Crippen molar-refractivity contribution in [2.45, 2.75) is 0 Å². The maximum atomic E-state index is 5.02. The van der Waals surface area contributed by atoms with Crippen LogP contribution in [0.1, 0.15) is 0 Å². The zero-order valence-corrected chi connectivity index (χ0v) is 23.6. The Morgan fingerprint density at radius 2 is 0.571 bits per heavy atom. The normalized spacial score (nSPS) is 11.4. The first-order chi connectivity index (χ1) is 19.8. The molecule has 3 aromatic heterocycles. The molecule has 5 heterocycles. The summed E-state index contributed by atoms with van der Waals surface area (Å²) in [5.74, 6) is 2.39. The summed E-state index contributed by atoms with van der Waals surface area (Å²) in [5.41, 5.74) is 6.45. The molecule has 4 aromatic carbocycles. The van der Waals surface area contributed by atoms with E-state index in [-0.39, 0.29) is 34.1 Å². The number of hydrogen-bond acceptors (Lipinski definition) is 6. The van der Waals surface area contributed by atoms with Gasteiger partial charge < -0.3 is 9.97 Å². The van der Waals surface area contributed by atoms with Gasteiger partial charge in [-0.15, -0.1) is 0 Å². The van der Waals surface area contributed by atoms with Crippen molar-refractivity contribution in [3.05, 3.63) is 97.1 Å². The predicted octanol–water partition coefficient (Wildman–Crippen LogP) is 6.86. The molecule has 0 saturated heterocycles. The number of hydrogen-bond donors (Lipinski definition) is 2. The van der Waals surface area contributed by atoms with Crippen LogP contribution in [0.4, 0.5) is 0 Å². The van der Waals surface area contributed by atoms with E-state index >= 15 is 0 Å². The van der Waals surface area contributed by atoms with Gasteiger partial charge in [-0.3, -0.25) is 0 Å². The summed E-state index contributed by atoms with van der Waals surface area (Å²) in [4.78, 5) is 36.8. The number of aromatic nitrogens is 8. The summed E-state index contributed by atoms with van der Waals surface area (Å²) >= 11 is 0. The summed E-state index contributed by atoms with van der Waals surface area (Å²) in [6, 6.07) is 32.2. The quantitative estimate of drug-likeness (QED) is 0.177. The van der Waals surface area contributed by atoms with Crippen molar-refractivity contribution in [2.75, 3.05) is 0 Å². The van der Waals surface area contributed by atoms with Crippen molar-refractivity contribution in [1.29, 1.82) is 0 Å². The first-order valence-corrected chi connectivity index (χ1v) is 13.0.